The van der Waals surface area contributed by atoms with Gasteiger partial charge in [-0.05, 0) is 12.8 Å². The van der Waals surface area contributed by atoms with Crippen LogP contribution in [0.5, 0.6) is 0 Å². The number of hydrogen-bond donors (Lipinski definition) is 2. The second-order valence-corrected chi connectivity index (χ2v) is 5.06. The highest BCUT2D eigenvalue weighted by Gasteiger charge is 2.44. The molecule has 1 saturated heterocycles. The summed E-state index contributed by atoms with van der Waals surface area (Å²) in [5, 5.41) is 9.99. The summed E-state index contributed by atoms with van der Waals surface area (Å²) >= 11 is 0. The van der Waals surface area contributed by atoms with E-state index in [0.717, 1.165) is 12.8 Å². The molecule has 0 bridgehead atoms. The van der Waals surface area contributed by atoms with Crippen LogP contribution in [0.1, 0.15) is 26.2 Å². The maximum Gasteiger partial charge on any atom is 0.229 e. The van der Waals surface area contributed by atoms with Crippen molar-refractivity contribution in [3.05, 3.63) is 12.2 Å². The summed E-state index contributed by atoms with van der Waals surface area (Å²) in [6, 6.07) is 0.0183. The molecular formula is C12H20N2O2. The first kappa shape index (κ1) is 11.6. The van der Waals surface area contributed by atoms with Gasteiger partial charge < -0.3 is 15.7 Å². The molecular weight excluding hydrogens is 204 g/mol. The first-order chi connectivity index (χ1) is 7.54. The van der Waals surface area contributed by atoms with Crippen molar-refractivity contribution < 1.29 is 9.90 Å². The van der Waals surface area contributed by atoms with Crippen LogP contribution in [-0.4, -0.2) is 40.6 Å². The van der Waals surface area contributed by atoms with E-state index in [9.17, 15) is 9.90 Å². The van der Waals surface area contributed by atoms with Gasteiger partial charge in [0, 0.05) is 6.04 Å². The van der Waals surface area contributed by atoms with E-state index in [2.05, 4.69) is 0 Å². The number of likely N-dealkylation sites (tertiary alicyclic amines) is 1. The van der Waals surface area contributed by atoms with Crippen molar-refractivity contribution in [1.29, 1.82) is 0 Å². The monoisotopic (exact) mass is 224 g/mol. The molecule has 2 atom stereocenters. The molecule has 1 amide bonds. The Morgan fingerprint density at radius 2 is 2.25 bits per heavy atom. The van der Waals surface area contributed by atoms with Crippen LogP contribution in [0.2, 0.25) is 0 Å². The zero-order valence-electron chi connectivity index (χ0n) is 9.72. The molecule has 90 valence electrons. The van der Waals surface area contributed by atoms with Crippen molar-refractivity contribution in [2.24, 2.45) is 11.7 Å². The fourth-order valence-corrected chi connectivity index (χ4v) is 2.59. The summed E-state index contributed by atoms with van der Waals surface area (Å²) in [6.07, 6.45) is 6.22. The minimum Gasteiger partial charge on any atom is -0.386 e. The number of aliphatic hydroxyl groups is 1. The minimum absolute atomic E-state index is 0.0183. The van der Waals surface area contributed by atoms with Crippen LogP contribution < -0.4 is 5.73 Å². The Bertz CT molecular complexity index is 308. The average Bonchev–Trinajstić information content (AvgIpc) is 2.60. The van der Waals surface area contributed by atoms with Crippen LogP contribution in [0.4, 0.5) is 0 Å². The van der Waals surface area contributed by atoms with Gasteiger partial charge in [0.1, 0.15) is 0 Å². The third-order valence-electron chi connectivity index (χ3n) is 3.43. The molecule has 1 aliphatic carbocycles. The predicted octanol–water partition coefficient (Wildman–Crippen LogP) is 0.263. The maximum atomic E-state index is 12.0. The van der Waals surface area contributed by atoms with E-state index >= 15 is 0 Å². The summed E-state index contributed by atoms with van der Waals surface area (Å²) in [5.41, 5.74) is 5.09. The lowest BCUT2D eigenvalue weighted by molar-refractivity contribution is -0.159. The Hall–Kier alpha value is -0.870. The van der Waals surface area contributed by atoms with Gasteiger partial charge in [0.2, 0.25) is 5.91 Å². The molecule has 1 heterocycles. The second-order valence-electron chi connectivity index (χ2n) is 5.06. The van der Waals surface area contributed by atoms with Crippen LogP contribution in [0.25, 0.3) is 0 Å². The van der Waals surface area contributed by atoms with E-state index in [-0.39, 0.29) is 17.9 Å². The Morgan fingerprint density at radius 3 is 2.75 bits per heavy atom. The molecule has 0 aromatic heterocycles. The zero-order chi connectivity index (χ0) is 11.8. The van der Waals surface area contributed by atoms with Crippen molar-refractivity contribution in [2.45, 2.75) is 37.8 Å². The Kier molecular flexibility index (Phi) is 3.04. The lowest BCUT2D eigenvalue weighted by Crippen LogP contribution is -2.64. The normalized spacial score (nSPS) is 31.6. The predicted molar refractivity (Wildman–Crippen MR) is 61.7 cm³/mol. The number of β-amino-alcohol motifs (C(OH)–C–C–N with tert-alkyl or cyclic N) is 1. The summed E-state index contributed by atoms with van der Waals surface area (Å²) in [4.78, 5) is 13.7. The van der Waals surface area contributed by atoms with E-state index in [1.54, 1.807) is 4.90 Å². The van der Waals surface area contributed by atoms with Gasteiger partial charge in [-0.2, -0.15) is 0 Å². The molecule has 2 rings (SSSR count). The first-order valence-corrected chi connectivity index (χ1v) is 5.99. The highest BCUT2D eigenvalue weighted by atomic mass is 16.3. The van der Waals surface area contributed by atoms with Gasteiger partial charge in [-0.3, -0.25) is 4.79 Å². The van der Waals surface area contributed by atoms with E-state index < -0.39 is 5.60 Å². The van der Waals surface area contributed by atoms with Gasteiger partial charge in [0.05, 0.1) is 24.6 Å². The summed E-state index contributed by atoms with van der Waals surface area (Å²) < 4.78 is 0. The van der Waals surface area contributed by atoms with Crippen LogP contribution in [0.15, 0.2) is 12.2 Å². The van der Waals surface area contributed by atoms with E-state index in [1.807, 2.05) is 19.1 Å². The largest absolute Gasteiger partial charge is 0.386 e. The molecule has 0 spiro atoms. The molecule has 0 saturated carbocycles. The molecule has 2 unspecified atom stereocenters. The number of nitrogens with zero attached hydrogens (tertiary/aromatic N) is 1. The van der Waals surface area contributed by atoms with Crippen molar-refractivity contribution in [3.63, 3.8) is 0 Å². The second kappa shape index (κ2) is 4.18. The fraction of sp³-hybridized carbons (Fsp3) is 0.750. The van der Waals surface area contributed by atoms with Gasteiger partial charge in [-0.15, -0.1) is 0 Å². The van der Waals surface area contributed by atoms with E-state index in [1.165, 1.54) is 0 Å². The number of nitrogens with two attached hydrogens (primary N) is 1. The highest BCUT2D eigenvalue weighted by molar-refractivity contribution is 5.82. The number of amides is 1. The standard InChI is InChI=1S/C12H20N2O2/c1-2-5-12(16)7-14(8-12)11(15)9-3-4-10(13)6-9/h3-4,9-10,16H,2,5-8,13H2,1H3. The summed E-state index contributed by atoms with van der Waals surface area (Å²) in [7, 11) is 0. The number of rotatable bonds is 3. The summed E-state index contributed by atoms with van der Waals surface area (Å²) in [5.74, 6) is 0.0474. The molecule has 4 nitrogen and oxygen atoms in total. The number of carbonyl (C=O) groups is 1. The quantitative estimate of drug-likeness (QED) is 0.676. The lowest BCUT2D eigenvalue weighted by atomic mass is 9.88. The first-order valence-electron chi connectivity index (χ1n) is 5.99. The molecule has 0 aromatic rings. The van der Waals surface area contributed by atoms with Crippen LogP contribution in [0.3, 0.4) is 0 Å². The van der Waals surface area contributed by atoms with E-state index in [4.69, 9.17) is 5.73 Å². The zero-order valence-corrected chi connectivity index (χ0v) is 9.72. The van der Waals surface area contributed by atoms with Gasteiger partial charge in [-0.25, -0.2) is 0 Å². The van der Waals surface area contributed by atoms with Crippen molar-refractivity contribution in [2.75, 3.05) is 13.1 Å². The Labute approximate surface area is 96.1 Å². The van der Waals surface area contributed by atoms with Crippen LogP contribution in [-0.2, 0) is 4.79 Å². The van der Waals surface area contributed by atoms with Crippen LogP contribution in [0, 0.1) is 5.92 Å². The molecule has 0 radical (unpaired) electrons. The Balaban J connectivity index is 1.84. The van der Waals surface area contributed by atoms with Gasteiger partial charge in [0.25, 0.3) is 0 Å². The van der Waals surface area contributed by atoms with Gasteiger partial charge >= 0.3 is 0 Å². The molecule has 2 aliphatic rings. The van der Waals surface area contributed by atoms with Gasteiger partial charge in [0.15, 0.2) is 0 Å². The molecule has 1 fully saturated rings. The van der Waals surface area contributed by atoms with Crippen molar-refractivity contribution >= 4 is 5.91 Å². The third-order valence-corrected chi connectivity index (χ3v) is 3.43. The highest BCUT2D eigenvalue weighted by Crippen LogP contribution is 2.29. The minimum atomic E-state index is -0.630. The van der Waals surface area contributed by atoms with Crippen LogP contribution >= 0.6 is 0 Å². The SMILES string of the molecule is CCCC1(O)CN(C(=O)C2C=CC(N)C2)C1. The molecule has 4 heteroatoms. The number of carbonyl (C=O) groups excluding carboxylic acids is 1. The molecule has 1 aliphatic heterocycles. The smallest absolute Gasteiger partial charge is 0.229 e. The van der Waals surface area contributed by atoms with Crippen molar-refractivity contribution in [1.82, 2.24) is 4.90 Å². The van der Waals surface area contributed by atoms with Crippen molar-refractivity contribution in [3.8, 4) is 0 Å². The number of hydrogen-bond acceptors (Lipinski definition) is 3. The molecule has 0 aromatic carbocycles. The average molecular weight is 224 g/mol. The lowest BCUT2D eigenvalue weighted by Gasteiger charge is -2.47. The topological polar surface area (TPSA) is 66.6 Å². The summed E-state index contributed by atoms with van der Waals surface area (Å²) in [6.45, 7) is 3.01. The Morgan fingerprint density at radius 1 is 1.56 bits per heavy atom. The van der Waals surface area contributed by atoms with Gasteiger partial charge in [-0.1, -0.05) is 25.5 Å². The maximum absolute atomic E-state index is 12.0. The third kappa shape index (κ3) is 2.13. The van der Waals surface area contributed by atoms with E-state index in [0.29, 0.717) is 19.5 Å². The molecule has 3 N–H and O–H groups in total. The fourth-order valence-electron chi connectivity index (χ4n) is 2.59. The molecule has 16 heavy (non-hydrogen) atoms.